The van der Waals surface area contributed by atoms with Crippen molar-refractivity contribution in [1.29, 1.82) is 0 Å². The van der Waals surface area contributed by atoms with Crippen LogP contribution in [0.5, 0.6) is 5.75 Å². The molecule has 1 aliphatic carbocycles. The first kappa shape index (κ1) is 29.4. The van der Waals surface area contributed by atoms with Crippen molar-refractivity contribution < 1.29 is 19.4 Å². The lowest BCUT2D eigenvalue weighted by Crippen LogP contribution is -2.34. The zero-order valence-electron chi connectivity index (χ0n) is 24.1. The Bertz CT molecular complexity index is 1020. The molecule has 1 N–H and O–H groups in total. The molecule has 1 aromatic rings. The van der Waals surface area contributed by atoms with Crippen molar-refractivity contribution in [2.45, 2.75) is 103 Å². The van der Waals surface area contributed by atoms with E-state index in [1.54, 1.807) is 0 Å². The fourth-order valence-electron chi connectivity index (χ4n) is 6.74. The smallest absolute Gasteiger partial charge is 0.307 e. The van der Waals surface area contributed by atoms with Crippen molar-refractivity contribution in [1.82, 2.24) is 4.90 Å². The van der Waals surface area contributed by atoms with Crippen LogP contribution < -0.4 is 4.74 Å². The van der Waals surface area contributed by atoms with E-state index in [1.165, 1.54) is 5.56 Å². The van der Waals surface area contributed by atoms with Crippen LogP contribution in [0.15, 0.2) is 35.0 Å². The fraction of sp³-hybridized carbons (Fsp3) is 0.667. The van der Waals surface area contributed by atoms with Gasteiger partial charge in [0.1, 0.15) is 5.75 Å². The number of fused-ring (bicyclic) bond motifs is 1. The van der Waals surface area contributed by atoms with Gasteiger partial charge in [-0.3, -0.25) is 14.6 Å². The summed E-state index contributed by atoms with van der Waals surface area (Å²) in [6.45, 7) is 6.67. The number of carbonyl (C=O) groups excluding carboxylic acids is 1. The highest BCUT2D eigenvalue weighted by molar-refractivity contribution is 5.76. The molecule has 2 aliphatic heterocycles. The summed E-state index contributed by atoms with van der Waals surface area (Å²) in [6.07, 6.45) is 15.9. The molecule has 4 rings (SSSR count). The molecule has 1 aromatic carbocycles. The molecule has 3 aliphatic rings. The number of carboxylic acid groups (broad SMARTS) is 1. The van der Waals surface area contributed by atoms with Gasteiger partial charge in [0.15, 0.2) is 0 Å². The normalized spacial score (nSPS) is 24.4. The van der Waals surface area contributed by atoms with Crippen molar-refractivity contribution >= 4 is 18.1 Å². The second-order valence-corrected chi connectivity index (χ2v) is 11.8. The van der Waals surface area contributed by atoms with Gasteiger partial charge >= 0.3 is 5.97 Å². The number of aliphatic imine (C=N–C) groups is 1. The third kappa shape index (κ3) is 7.95. The minimum absolute atomic E-state index is 0.0615. The highest BCUT2D eigenvalue weighted by Gasteiger charge is 2.41. The highest BCUT2D eigenvalue weighted by Crippen LogP contribution is 2.46. The first-order chi connectivity index (χ1) is 19.0. The quantitative estimate of drug-likeness (QED) is 0.271. The SMILES string of the molecule is CCCCN(CCCC)C(=O)CC1CC[C@@H](CCC2=CCCC=N2)[C@H](C(=O)O)[C@@H](c2ccc3c(c2)CCO3)C1. The summed E-state index contributed by atoms with van der Waals surface area (Å²) in [5.41, 5.74) is 3.37. The predicted molar refractivity (Wildman–Crippen MR) is 156 cm³/mol. The number of amides is 1. The van der Waals surface area contributed by atoms with Crippen molar-refractivity contribution in [3.05, 3.63) is 41.1 Å². The van der Waals surface area contributed by atoms with Crippen molar-refractivity contribution in [2.24, 2.45) is 22.7 Å². The molecule has 214 valence electrons. The van der Waals surface area contributed by atoms with Gasteiger partial charge in [-0.25, -0.2) is 0 Å². The lowest BCUT2D eigenvalue weighted by atomic mass is 9.74. The Balaban J connectivity index is 1.57. The zero-order valence-corrected chi connectivity index (χ0v) is 24.1. The predicted octanol–water partition coefficient (Wildman–Crippen LogP) is 7.17. The molecule has 1 unspecified atom stereocenters. The maximum absolute atomic E-state index is 13.5. The first-order valence-corrected chi connectivity index (χ1v) is 15.5. The Labute approximate surface area is 234 Å². The van der Waals surface area contributed by atoms with E-state index in [0.29, 0.717) is 13.0 Å². The molecule has 0 aromatic heterocycles. The molecule has 4 atom stereocenters. The lowest BCUT2D eigenvalue weighted by Gasteiger charge is -2.30. The van der Waals surface area contributed by atoms with E-state index in [1.807, 2.05) is 12.3 Å². The molecule has 1 amide bonds. The first-order valence-electron chi connectivity index (χ1n) is 15.5. The Hall–Kier alpha value is -2.63. The Kier molecular flexibility index (Phi) is 11.0. The fourth-order valence-corrected chi connectivity index (χ4v) is 6.74. The topological polar surface area (TPSA) is 79.2 Å². The summed E-state index contributed by atoms with van der Waals surface area (Å²) in [5.74, 6) is 0.143. The van der Waals surface area contributed by atoms with Gasteiger partial charge in [-0.15, -0.1) is 0 Å². The number of carboxylic acids is 1. The Morgan fingerprint density at radius 1 is 1.10 bits per heavy atom. The van der Waals surface area contributed by atoms with E-state index in [0.717, 1.165) is 107 Å². The molecular formula is C33H48N2O4. The number of allylic oxidation sites excluding steroid dienone is 2. The lowest BCUT2D eigenvalue weighted by molar-refractivity contribution is -0.144. The van der Waals surface area contributed by atoms with Crippen LogP contribution in [0.2, 0.25) is 0 Å². The molecule has 6 nitrogen and oxygen atoms in total. The number of rotatable bonds is 13. The largest absolute Gasteiger partial charge is 0.493 e. The molecule has 2 heterocycles. The van der Waals surface area contributed by atoms with Gasteiger partial charge in [0.05, 0.1) is 12.5 Å². The van der Waals surface area contributed by atoms with E-state index in [-0.39, 0.29) is 23.7 Å². The van der Waals surface area contributed by atoms with Crippen molar-refractivity contribution in [2.75, 3.05) is 19.7 Å². The third-order valence-corrected chi connectivity index (χ3v) is 8.98. The monoisotopic (exact) mass is 536 g/mol. The van der Waals surface area contributed by atoms with E-state index < -0.39 is 11.9 Å². The molecule has 0 radical (unpaired) electrons. The Morgan fingerprint density at radius 2 is 1.90 bits per heavy atom. The molecule has 1 fully saturated rings. The van der Waals surface area contributed by atoms with Gasteiger partial charge < -0.3 is 14.7 Å². The maximum atomic E-state index is 13.5. The highest BCUT2D eigenvalue weighted by atomic mass is 16.5. The van der Waals surface area contributed by atoms with Gasteiger partial charge in [-0.05, 0) is 92.7 Å². The second kappa shape index (κ2) is 14.7. The second-order valence-electron chi connectivity index (χ2n) is 11.8. The number of benzene rings is 1. The van der Waals surface area contributed by atoms with E-state index in [2.05, 4.69) is 41.9 Å². The van der Waals surface area contributed by atoms with Gasteiger partial charge in [0.2, 0.25) is 5.91 Å². The summed E-state index contributed by atoms with van der Waals surface area (Å²) in [6, 6.07) is 6.29. The molecule has 0 spiro atoms. The van der Waals surface area contributed by atoms with Crippen LogP contribution in [0.1, 0.15) is 108 Å². The number of ether oxygens (including phenoxy) is 1. The van der Waals surface area contributed by atoms with Gasteiger partial charge in [-0.2, -0.15) is 0 Å². The van der Waals surface area contributed by atoms with Crippen LogP contribution in [0, 0.1) is 17.8 Å². The van der Waals surface area contributed by atoms with Crippen LogP contribution >= 0.6 is 0 Å². The van der Waals surface area contributed by atoms with Crippen LogP contribution in [0.3, 0.4) is 0 Å². The number of nitrogens with zero attached hydrogens (tertiary/aromatic N) is 2. The van der Waals surface area contributed by atoms with Crippen LogP contribution in [-0.2, 0) is 16.0 Å². The Morgan fingerprint density at radius 3 is 2.59 bits per heavy atom. The summed E-state index contributed by atoms with van der Waals surface area (Å²) in [7, 11) is 0. The van der Waals surface area contributed by atoms with E-state index >= 15 is 0 Å². The molecule has 0 bridgehead atoms. The van der Waals surface area contributed by atoms with Crippen LogP contribution in [-0.4, -0.2) is 47.8 Å². The van der Waals surface area contributed by atoms with Gasteiger partial charge in [0.25, 0.3) is 0 Å². The third-order valence-electron chi connectivity index (χ3n) is 8.98. The molecule has 1 saturated carbocycles. The summed E-state index contributed by atoms with van der Waals surface area (Å²) in [4.78, 5) is 33.1. The minimum Gasteiger partial charge on any atom is -0.493 e. The molecule has 6 heteroatoms. The molecular weight excluding hydrogens is 488 g/mol. The molecule has 0 saturated heterocycles. The summed E-state index contributed by atoms with van der Waals surface area (Å²) < 4.78 is 5.74. The van der Waals surface area contributed by atoms with E-state index in [9.17, 15) is 14.7 Å². The average molecular weight is 537 g/mol. The number of hydrogen-bond acceptors (Lipinski definition) is 4. The number of aliphatic carboxylic acids is 1. The van der Waals surface area contributed by atoms with Crippen molar-refractivity contribution in [3.8, 4) is 5.75 Å². The van der Waals surface area contributed by atoms with Crippen molar-refractivity contribution in [3.63, 3.8) is 0 Å². The van der Waals surface area contributed by atoms with Gasteiger partial charge in [-0.1, -0.05) is 44.9 Å². The summed E-state index contributed by atoms with van der Waals surface area (Å²) >= 11 is 0. The number of hydrogen-bond donors (Lipinski definition) is 1. The molecule has 39 heavy (non-hydrogen) atoms. The van der Waals surface area contributed by atoms with Crippen LogP contribution in [0.25, 0.3) is 0 Å². The maximum Gasteiger partial charge on any atom is 0.307 e. The summed E-state index contributed by atoms with van der Waals surface area (Å²) in [5, 5.41) is 10.6. The number of unbranched alkanes of at least 4 members (excludes halogenated alkanes) is 2. The zero-order chi connectivity index (χ0) is 27.6. The average Bonchev–Trinajstić information content (AvgIpc) is 3.34. The van der Waals surface area contributed by atoms with Crippen LogP contribution in [0.4, 0.5) is 0 Å². The van der Waals surface area contributed by atoms with E-state index in [4.69, 9.17) is 4.74 Å². The minimum atomic E-state index is -0.706. The standard InChI is InChI=1S/C33H48N2O4/c1-3-5-18-35(19-6-4-2)31(36)22-24-10-11-25(12-14-28-9-7-8-17-34-28)32(33(37)38)29(21-24)26-13-15-30-27(23-26)16-20-39-30/h9,13,15,17,23-25,29,32H,3-8,10-12,14,16,18-22H2,1-2H3,(H,37,38)/t24?,25-,29+,32-/m0/s1. The van der Waals surface area contributed by atoms with Gasteiger partial charge in [0, 0.05) is 37.8 Å². The number of carbonyl (C=O) groups is 2.